The molecule has 2 saturated heterocycles. The number of likely N-dealkylation sites (tertiary alicyclic amines) is 1. The third kappa shape index (κ3) is 2.80. The first kappa shape index (κ1) is 15.6. The number of amides is 1. The molecule has 0 aliphatic carbocycles. The number of nitrogens with zero attached hydrogens (tertiary/aromatic N) is 4. The van der Waals surface area contributed by atoms with E-state index in [1.54, 1.807) is 6.20 Å². The zero-order chi connectivity index (χ0) is 16.5. The van der Waals surface area contributed by atoms with E-state index in [2.05, 4.69) is 16.8 Å². The van der Waals surface area contributed by atoms with Gasteiger partial charge in [0.2, 0.25) is 0 Å². The number of morpholine rings is 1. The van der Waals surface area contributed by atoms with Crippen LogP contribution in [0.25, 0.3) is 5.65 Å². The third-order valence-corrected chi connectivity index (χ3v) is 5.37. The molecule has 2 atom stereocenters. The Bertz CT molecular complexity index is 723. The summed E-state index contributed by atoms with van der Waals surface area (Å²) in [6.07, 6.45) is 6.61. The van der Waals surface area contributed by atoms with E-state index in [4.69, 9.17) is 4.74 Å². The zero-order valence-electron chi connectivity index (χ0n) is 14.1. The Morgan fingerprint density at radius 2 is 2.12 bits per heavy atom. The summed E-state index contributed by atoms with van der Waals surface area (Å²) in [7, 11) is 0. The second-order valence-electron chi connectivity index (χ2n) is 6.70. The van der Waals surface area contributed by atoms with Gasteiger partial charge in [0.15, 0.2) is 0 Å². The maximum atomic E-state index is 13.0. The molecule has 0 unspecified atom stereocenters. The Balaban J connectivity index is 1.51. The van der Waals surface area contributed by atoms with Gasteiger partial charge in [0.1, 0.15) is 5.65 Å². The second kappa shape index (κ2) is 6.53. The van der Waals surface area contributed by atoms with Gasteiger partial charge < -0.3 is 14.0 Å². The van der Waals surface area contributed by atoms with Crippen molar-refractivity contribution in [1.82, 2.24) is 19.2 Å². The Labute approximate surface area is 142 Å². The molecule has 2 aliphatic rings. The SMILES string of the molecule is CC[C@H]1CN(C(=O)c2ccc3nccn3c2)C[C@@H]1N1CCOCC1. The summed E-state index contributed by atoms with van der Waals surface area (Å²) in [6, 6.07) is 4.24. The first-order valence-electron chi connectivity index (χ1n) is 8.80. The Morgan fingerprint density at radius 1 is 1.29 bits per heavy atom. The van der Waals surface area contributed by atoms with Crippen molar-refractivity contribution in [3.63, 3.8) is 0 Å². The van der Waals surface area contributed by atoms with Gasteiger partial charge in [-0.15, -0.1) is 0 Å². The number of carbonyl (C=O) groups excluding carboxylic acids is 1. The molecule has 0 bridgehead atoms. The van der Waals surface area contributed by atoms with E-state index < -0.39 is 0 Å². The van der Waals surface area contributed by atoms with Crippen LogP contribution in [0.5, 0.6) is 0 Å². The highest BCUT2D eigenvalue weighted by Crippen LogP contribution is 2.27. The average Bonchev–Trinajstić information content (AvgIpc) is 3.27. The van der Waals surface area contributed by atoms with Crippen molar-refractivity contribution in [1.29, 1.82) is 0 Å². The van der Waals surface area contributed by atoms with Gasteiger partial charge in [-0.25, -0.2) is 4.98 Å². The van der Waals surface area contributed by atoms with Gasteiger partial charge in [0.05, 0.1) is 18.8 Å². The quantitative estimate of drug-likeness (QED) is 0.857. The third-order valence-electron chi connectivity index (χ3n) is 5.37. The summed E-state index contributed by atoms with van der Waals surface area (Å²) in [4.78, 5) is 21.7. The molecule has 24 heavy (non-hydrogen) atoms. The maximum absolute atomic E-state index is 13.0. The molecule has 0 radical (unpaired) electrons. The average molecular weight is 328 g/mol. The van der Waals surface area contributed by atoms with Crippen LogP contribution in [-0.2, 0) is 4.74 Å². The summed E-state index contributed by atoms with van der Waals surface area (Å²) < 4.78 is 7.38. The monoisotopic (exact) mass is 328 g/mol. The van der Waals surface area contributed by atoms with E-state index in [0.29, 0.717) is 12.0 Å². The van der Waals surface area contributed by atoms with Crippen LogP contribution in [0.4, 0.5) is 0 Å². The van der Waals surface area contributed by atoms with Crippen LogP contribution in [0.1, 0.15) is 23.7 Å². The Hall–Kier alpha value is -1.92. The number of hydrogen-bond acceptors (Lipinski definition) is 4. The molecule has 2 fully saturated rings. The molecular formula is C18H24N4O2. The van der Waals surface area contributed by atoms with Crippen LogP contribution in [-0.4, -0.2) is 70.5 Å². The van der Waals surface area contributed by atoms with Crippen molar-refractivity contribution < 1.29 is 9.53 Å². The fourth-order valence-corrected chi connectivity index (χ4v) is 3.97. The number of fused-ring (bicyclic) bond motifs is 1. The largest absolute Gasteiger partial charge is 0.379 e. The first-order valence-corrected chi connectivity index (χ1v) is 8.80. The molecule has 128 valence electrons. The first-order chi connectivity index (χ1) is 11.8. The molecule has 4 heterocycles. The van der Waals surface area contributed by atoms with Gasteiger partial charge in [-0.1, -0.05) is 13.3 Å². The molecule has 6 heteroatoms. The fraction of sp³-hybridized carbons (Fsp3) is 0.556. The highest BCUT2D eigenvalue weighted by Gasteiger charge is 2.38. The molecule has 2 aliphatic heterocycles. The van der Waals surface area contributed by atoms with Gasteiger partial charge in [-0.05, 0) is 18.1 Å². The van der Waals surface area contributed by atoms with Gasteiger partial charge in [0.25, 0.3) is 5.91 Å². The molecule has 1 amide bonds. The van der Waals surface area contributed by atoms with E-state index in [-0.39, 0.29) is 5.91 Å². The Morgan fingerprint density at radius 3 is 2.92 bits per heavy atom. The van der Waals surface area contributed by atoms with Crippen molar-refractivity contribution in [2.75, 3.05) is 39.4 Å². The summed E-state index contributed by atoms with van der Waals surface area (Å²) in [5, 5.41) is 0. The molecular weight excluding hydrogens is 304 g/mol. The number of pyridine rings is 1. The van der Waals surface area contributed by atoms with Crippen LogP contribution in [0.3, 0.4) is 0 Å². The predicted molar refractivity (Wildman–Crippen MR) is 91.1 cm³/mol. The normalized spacial score (nSPS) is 25.5. The summed E-state index contributed by atoms with van der Waals surface area (Å²) >= 11 is 0. The number of aromatic nitrogens is 2. The predicted octanol–water partition coefficient (Wildman–Crippen LogP) is 1.52. The summed E-state index contributed by atoms with van der Waals surface area (Å²) in [5.74, 6) is 0.670. The van der Waals surface area contributed by atoms with Gasteiger partial charge in [0, 0.05) is 50.8 Å². The smallest absolute Gasteiger partial charge is 0.255 e. The molecule has 0 saturated carbocycles. The van der Waals surface area contributed by atoms with Crippen LogP contribution < -0.4 is 0 Å². The minimum atomic E-state index is 0.125. The fourth-order valence-electron chi connectivity index (χ4n) is 3.97. The summed E-state index contributed by atoms with van der Waals surface area (Å²) in [6.45, 7) is 7.45. The van der Waals surface area contributed by atoms with Crippen molar-refractivity contribution >= 4 is 11.6 Å². The van der Waals surface area contributed by atoms with E-state index in [1.807, 2.05) is 33.8 Å². The number of ether oxygens (including phenoxy) is 1. The van der Waals surface area contributed by atoms with Crippen LogP contribution >= 0.6 is 0 Å². The van der Waals surface area contributed by atoms with Crippen molar-refractivity contribution in [3.8, 4) is 0 Å². The number of carbonyl (C=O) groups is 1. The minimum absolute atomic E-state index is 0.125. The molecule has 0 spiro atoms. The van der Waals surface area contributed by atoms with Gasteiger partial charge >= 0.3 is 0 Å². The van der Waals surface area contributed by atoms with Crippen molar-refractivity contribution in [3.05, 3.63) is 36.3 Å². The Kier molecular flexibility index (Phi) is 4.24. The van der Waals surface area contributed by atoms with E-state index in [9.17, 15) is 4.79 Å². The van der Waals surface area contributed by atoms with Crippen molar-refractivity contribution in [2.24, 2.45) is 5.92 Å². The lowest BCUT2D eigenvalue weighted by atomic mass is 9.99. The summed E-state index contributed by atoms with van der Waals surface area (Å²) in [5.41, 5.74) is 1.60. The lowest BCUT2D eigenvalue weighted by Gasteiger charge is -2.34. The second-order valence-corrected chi connectivity index (χ2v) is 6.70. The number of imidazole rings is 1. The lowest BCUT2D eigenvalue weighted by molar-refractivity contribution is 0.0103. The standard InChI is InChI=1S/C18H24N4O2/c1-2-14-11-22(13-16(14)20-7-9-24-10-8-20)18(23)15-3-4-17-19-5-6-21(17)12-15/h3-6,12,14,16H,2,7-11,13H2,1H3/t14-,16-/m0/s1. The molecule has 0 aromatic carbocycles. The highest BCUT2D eigenvalue weighted by molar-refractivity contribution is 5.94. The van der Waals surface area contributed by atoms with Crippen LogP contribution in [0, 0.1) is 5.92 Å². The minimum Gasteiger partial charge on any atom is -0.379 e. The molecule has 6 nitrogen and oxygen atoms in total. The van der Waals surface area contributed by atoms with E-state index in [1.165, 1.54) is 0 Å². The van der Waals surface area contributed by atoms with Gasteiger partial charge in [-0.3, -0.25) is 9.69 Å². The highest BCUT2D eigenvalue weighted by atomic mass is 16.5. The topological polar surface area (TPSA) is 50.1 Å². The zero-order valence-corrected chi connectivity index (χ0v) is 14.1. The maximum Gasteiger partial charge on any atom is 0.255 e. The van der Waals surface area contributed by atoms with Crippen LogP contribution in [0.2, 0.25) is 0 Å². The number of hydrogen-bond donors (Lipinski definition) is 0. The van der Waals surface area contributed by atoms with E-state index >= 15 is 0 Å². The number of rotatable bonds is 3. The lowest BCUT2D eigenvalue weighted by Crippen LogP contribution is -2.47. The van der Waals surface area contributed by atoms with Crippen LogP contribution in [0.15, 0.2) is 30.7 Å². The molecule has 2 aromatic heterocycles. The van der Waals surface area contributed by atoms with E-state index in [0.717, 1.165) is 57.0 Å². The molecule has 4 rings (SSSR count). The van der Waals surface area contributed by atoms with Crippen molar-refractivity contribution in [2.45, 2.75) is 19.4 Å². The molecule has 0 N–H and O–H groups in total. The van der Waals surface area contributed by atoms with Gasteiger partial charge in [-0.2, -0.15) is 0 Å². The molecule has 2 aromatic rings.